The first kappa shape index (κ1) is 20.1. The number of aromatic carboxylic acids is 1. The molecule has 3 aromatic rings. The molecule has 8 nitrogen and oxygen atoms in total. The second-order valence-corrected chi connectivity index (χ2v) is 7.91. The Morgan fingerprint density at radius 1 is 1.10 bits per heavy atom. The van der Waals surface area contributed by atoms with Gasteiger partial charge in [0.1, 0.15) is 10.0 Å². The van der Waals surface area contributed by atoms with Gasteiger partial charge < -0.3 is 15.7 Å². The highest BCUT2D eigenvalue weighted by Crippen LogP contribution is 2.32. The number of anilines is 1. The number of rotatable bonds is 6. The number of carbonyl (C=O) groups excluding carboxylic acids is 1. The average Bonchev–Trinajstić information content (AvgIpc) is 3.20. The number of nitrogens with one attached hydrogen (secondary N) is 2. The van der Waals surface area contributed by atoms with E-state index >= 15 is 0 Å². The highest BCUT2D eigenvalue weighted by atomic mass is 32.1. The van der Waals surface area contributed by atoms with Crippen LogP contribution in [0.25, 0.3) is 10.6 Å². The molecule has 1 saturated heterocycles. The fourth-order valence-electron chi connectivity index (χ4n) is 3.23. The number of hydrogen-bond acceptors (Lipinski definition) is 7. The predicted octanol–water partition coefficient (Wildman–Crippen LogP) is 2.56. The van der Waals surface area contributed by atoms with E-state index in [1.165, 1.54) is 0 Å². The van der Waals surface area contributed by atoms with Gasteiger partial charge in [0.2, 0.25) is 0 Å². The maximum Gasteiger partial charge on any atom is 0.357 e. The normalized spacial score (nSPS) is 14.4. The van der Waals surface area contributed by atoms with Crippen molar-refractivity contribution in [2.75, 3.05) is 31.5 Å². The number of amides is 1. The largest absolute Gasteiger partial charge is 0.476 e. The number of carbonyl (C=O) groups is 2. The first-order valence-corrected chi connectivity index (χ1v) is 10.4. The lowest BCUT2D eigenvalue weighted by Crippen LogP contribution is -2.42. The van der Waals surface area contributed by atoms with Crippen molar-refractivity contribution in [3.63, 3.8) is 0 Å². The zero-order valence-electron chi connectivity index (χ0n) is 16.2. The average molecular weight is 423 g/mol. The minimum atomic E-state index is -1.19. The van der Waals surface area contributed by atoms with Gasteiger partial charge in [-0.15, -0.1) is 0 Å². The smallest absolute Gasteiger partial charge is 0.357 e. The number of pyridine rings is 1. The Kier molecular flexibility index (Phi) is 6.12. The summed E-state index contributed by atoms with van der Waals surface area (Å²) in [4.78, 5) is 34.8. The summed E-state index contributed by atoms with van der Waals surface area (Å²) in [5.74, 6) is -1.55. The molecule has 1 aliphatic heterocycles. The van der Waals surface area contributed by atoms with E-state index in [2.05, 4.69) is 25.5 Å². The van der Waals surface area contributed by atoms with Crippen molar-refractivity contribution >= 4 is 28.2 Å². The predicted molar refractivity (Wildman–Crippen MR) is 115 cm³/mol. The molecular weight excluding hydrogens is 402 g/mol. The molecule has 0 atom stereocenters. The fourth-order valence-corrected chi connectivity index (χ4v) is 4.19. The van der Waals surface area contributed by atoms with E-state index in [1.54, 1.807) is 36.7 Å². The van der Waals surface area contributed by atoms with Crippen LogP contribution in [-0.2, 0) is 6.54 Å². The number of carboxylic acid groups (broad SMARTS) is 1. The molecule has 0 saturated carbocycles. The van der Waals surface area contributed by atoms with E-state index in [9.17, 15) is 14.7 Å². The topological polar surface area (TPSA) is 107 Å². The molecule has 1 aromatic carbocycles. The summed E-state index contributed by atoms with van der Waals surface area (Å²) in [6.45, 7) is 4.83. The summed E-state index contributed by atoms with van der Waals surface area (Å²) in [5, 5.41) is 16.2. The Labute approximate surface area is 177 Å². The third kappa shape index (κ3) is 4.70. The number of hydrogen-bond donors (Lipinski definition) is 3. The fraction of sp³-hybridized carbons (Fsp3) is 0.238. The maximum absolute atomic E-state index is 12.7. The van der Waals surface area contributed by atoms with E-state index in [0.29, 0.717) is 10.6 Å². The van der Waals surface area contributed by atoms with Crippen molar-refractivity contribution in [3.05, 3.63) is 65.6 Å². The van der Waals surface area contributed by atoms with Gasteiger partial charge in [-0.1, -0.05) is 23.5 Å². The molecule has 154 valence electrons. The zero-order chi connectivity index (χ0) is 20.9. The third-order valence-corrected chi connectivity index (χ3v) is 5.84. The summed E-state index contributed by atoms with van der Waals surface area (Å²) >= 11 is 1.13. The Morgan fingerprint density at radius 2 is 1.80 bits per heavy atom. The third-order valence-electron chi connectivity index (χ3n) is 4.82. The van der Waals surface area contributed by atoms with Crippen LogP contribution in [0, 0.1) is 0 Å². The first-order chi connectivity index (χ1) is 14.6. The van der Waals surface area contributed by atoms with Gasteiger partial charge in [0.05, 0.1) is 0 Å². The molecule has 1 amide bonds. The van der Waals surface area contributed by atoms with E-state index < -0.39 is 5.97 Å². The van der Waals surface area contributed by atoms with Crippen molar-refractivity contribution in [2.24, 2.45) is 0 Å². The van der Waals surface area contributed by atoms with E-state index in [-0.39, 0.29) is 16.6 Å². The van der Waals surface area contributed by atoms with Crippen molar-refractivity contribution in [1.82, 2.24) is 20.2 Å². The van der Waals surface area contributed by atoms with Crippen LogP contribution in [0.2, 0.25) is 0 Å². The minimum absolute atomic E-state index is 0.171. The SMILES string of the molecule is O=C(Nc1sc(-c2ccncc2)nc1C(=O)O)c1ccc(CN2CCNCC2)cc1. The van der Waals surface area contributed by atoms with Crippen LogP contribution in [0.1, 0.15) is 26.4 Å². The van der Waals surface area contributed by atoms with Crippen molar-refractivity contribution in [2.45, 2.75) is 6.54 Å². The molecule has 0 bridgehead atoms. The molecule has 1 aliphatic rings. The van der Waals surface area contributed by atoms with E-state index in [1.807, 2.05) is 12.1 Å². The highest BCUT2D eigenvalue weighted by Gasteiger charge is 2.21. The zero-order valence-corrected chi connectivity index (χ0v) is 17.0. The van der Waals surface area contributed by atoms with Gasteiger partial charge in [-0.2, -0.15) is 0 Å². The van der Waals surface area contributed by atoms with Gasteiger partial charge in [-0.05, 0) is 29.8 Å². The number of aromatic nitrogens is 2. The second-order valence-electron chi connectivity index (χ2n) is 6.91. The van der Waals surface area contributed by atoms with Crippen molar-refractivity contribution < 1.29 is 14.7 Å². The molecular formula is C21H21N5O3S. The number of carboxylic acids is 1. The lowest BCUT2D eigenvalue weighted by molar-refractivity contribution is 0.0692. The van der Waals surface area contributed by atoms with Crippen LogP contribution in [0.15, 0.2) is 48.8 Å². The summed E-state index contributed by atoms with van der Waals surface area (Å²) < 4.78 is 0. The minimum Gasteiger partial charge on any atom is -0.476 e. The van der Waals surface area contributed by atoms with Gasteiger partial charge >= 0.3 is 5.97 Å². The number of nitrogens with zero attached hydrogens (tertiary/aromatic N) is 3. The molecule has 1 fully saturated rings. The Morgan fingerprint density at radius 3 is 2.47 bits per heavy atom. The van der Waals surface area contributed by atoms with Gasteiger partial charge in [0.25, 0.3) is 5.91 Å². The standard InChI is InChI=1S/C21H21N5O3S/c27-18(15-3-1-14(2-4-15)13-26-11-9-23-10-12-26)25-20-17(21(28)29)24-19(30-20)16-5-7-22-8-6-16/h1-8,23H,9-13H2,(H,25,27)(H,28,29). The first-order valence-electron chi connectivity index (χ1n) is 9.58. The monoisotopic (exact) mass is 423 g/mol. The molecule has 0 aliphatic carbocycles. The van der Waals surface area contributed by atoms with Crippen molar-refractivity contribution in [3.8, 4) is 10.6 Å². The van der Waals surface area contributed by atoms with Gasteiger partial charge in [-0.3, -0.25) is 14.7 Å². The summed E-state index contributed by atoms with van der Waals surface area (Å²) in [5.41, 5.74) is 2.18. The molecule has 0 radical (unpaired) electrons. The number of piperazine rings is 1. The van der Waals surface area contributed by atoms with Crippen LogP contribution in [-0.4, -0.2) is 58.0 Å². The van der Waals surface area contributed by atoms with E-state index in [4.69, 9.17) is 0 Å². The lowest BCUT2D eigenvalue weighted by Gasteiger charge is -2.27. The Balaban J connectivity index is 1.48. The number of benzene rings is 1. The lowest BCUT2D eigenvalue weighted by atomic mass is 10.1. The Hall–Kier alpha value is -3.14. The molecule has 30 heavy (non-hydrogen) atoms. The summed E-state index contributed by atoms with van der Waals surface area (Å²) in [6, 6.07) is 10.9. The van der Waals surface area contributed by atoms with Crippen LogP contribution >= 0.6 is 11.3 Å². The molecule has 3 N–H and O–H groups in total. The quantitative estimate of drug-likeness (QED) is 0.559. The van der Waals surface area contributed by atoms with Crippen LogP contribution in [0.4, 0.5) is 5.00 Å². The van der Waals surface area contributed by atoms with Crippen LogP contribution in [0.3, 0.4) is 0 Å². The van der Waals surface area contributed by atoms with Gasteiger partial charge in [0, 0.05) is 56.2 Å². The molecule has 2 aromatic heterocycles. The maximum atomic E-state index is 12.7. The van der Waals surface area contributed by atoms with Crippen molar-refractivity contribution in [1.29, 1.82) is 0 Å². The van der Waals surface area contributed by atoms with Gasteiger partial charge in [0.15, 0.2) is 5.69 Å². The summed E-state index contributed by atoms with van der Waals surface area (Å²) in [6.07, 6.45) is 3.22. The van der Waals surface area contributed by atoms with E-state index in [0.717, 1.165) is 55.2 Å². The van der Waals surface area contributed by atoms with Gasteiger partial charge in [-0.25, -0.2) is 9.78 Å². The highest BCUT2D eigenvalue weighted by molar-refractivity contribution is 7.19. The second kappa shape index (κ2) is 9.12. The molecule has 4 rings (SSSR count). The summed E-state index contributed by atoms with van der Waals surface area (Å²) in [7, 11) is 0. The van der Waals surface area contributed by atoms with Crippen LogP contribution in [0.5, 0.6) is 0 Å². The Bertz CT molecular complexity index is 1030. The van der Waals surface area contributed by atoms with Crippen LogP contribution < -0.4 is 10.6 Å². The molecule has 3 heterocycles. The molecule has 9 heteroatoms. The number of thiazole rings is 1. The molecule has 0 unspecified atom stereocenters. The molecule has 0 spiro atoms.